The Labute approximate surface area is 228 Å². The molecule has 0 bridgehead atoms. The van der Waals surface area contributed by atoms with Gasteiger partial charge in [0.15, 0.2) is 0 Å². The molecule has 11 heteroatoms. The quantitative estimate of drug-likeness (QED) is 0.536. The average Bonchev–Trinajstić information content (AvgIpc) is 3.03. The summed E-state index contributed by atoms with van der Waals surface area (Å²) in [5, 5.41) is 2.77. The average molecular weight is 532 g/mol. The predicted molar refractivity (Wildman–Crippen MR) is 148 cm³/mol. The van der Waals surface area contributed by atoms with Crippen molar-refractivity contribution in [3.8, 4) is 0 Å². The van der Waals surface area contributed by atoms with Crippen LogP contribution in [-0.2, 0) is 18.8 Å². The Kier molecular flexibility index (Phi) is 9.03. The Bertz CT molecular complexity index is 955. The zero-order valence-corrected chi connectivity index (χ0v) is 24.8. The molecular formula is C27H46BN5O5. The summed E-state index contributed by atoms with van der Waals surface area (Å²) in [6.07, 6.45) is 4.72. The summed E-state index contributed by atoms with van der Waals surface area (Å²) in [4.78, 5) is 38.5. The van der Waals surface area contributed by atoms with E-state index in [4.69, 9.17) is 14.0 Å². The van der Waals surface area contributed by atoms with Gasteiger partial charge in [-0.05, 0) is 73.1 Å². The van der Waals surface area contributed by atoms with Crippen molar-refractivity contribution in [2.75, 3.05) is 31.6 Å². The molecule has 2 amide bonds. The van der Waals surface area contributed by atoms with Crippen LogP contribution in [0.5, 0.6) is 0 Å². The Morgan fingerprint density at radius 3 is 2.13 bits per heavy atom. The number of aromatic nitrogens is 2. The number of ether oxygens (including phenoxy) is 1. The van der Waals surface area contributed by atoms with Gasteiger partial charge in [-0.3, -0.25) is 4.79 Å². The third-order valence-electron chi connectivity index (χ3n) is 7.59. The maximum atomic E-state index is 13.2. The third-order valence-corrected chi connectivity index (χ3v) is 7.59. The highest BCUT2D eigenvalue weighted by atomic mass is 16.7. The van der Waals surface area contributed by atoms with Crippen molar-refractivity contribution >= 4 is 30.5 Å². The molecule has 2 fully saturated rings. The second-order valence-electron chi connectivity index (χ2n) is 12.9. The first-order chi connectivity index (χ1) is 17.5. The number of hydrogen-bond donors (Lipinski definition) is 1. The fourth-order valence-electron chi connectivity index (χ4n) is 4.58. The lowest BCUT2D eigenvalue weighted by molar-refractivity contribution is -0.136. The molecule has 2 aliphatic heterocycles. The highest BCUT2D eigenvalue weighted by Gasteiger charge is 2.52. The molecule has 2 aliphatic rings. The smallest absolute Gasteiger partial charge is 0.444 e. The molecule has 0 radical (unpaired) electrons. The van der Waals surface area contributed by atoms with Crippen LogP contribution < -0.4 is 15.7 Å². The number of likely N-dealkylation sites (tertiary alicyclic amines) is 1. The van der Waals surface area contributed by atoms with Crippen LogP contribution in [0.1, 0.15) is 75.2 Å². The van der Waals surface area contributed by atoms with E-state index in [9.17, 15) is 9.59 Å². The molecule has 3 rings (SSSR count). The van der Waals surface area contributed by atoms with Crippen molar-refractivity contribution in [3.63, 3.8) is 0 Å². The normalized spacial score (nSPS) is 20.4. The number of carbonyl (C=O) groups excluding carboxylic acids is 2. The van der Waals surface area contributed by atoms with Crippen molar-refractivity contribution in [2.24, 2.45) is 11.8 Å². The number of piperidine rings is 1. The highest BCUT2D eigenvalue weighted by Crippen LogP contribution is 2.36. The van der Waals surface area contributed by atoms with Gasteiger partial charge in [0.05, 0.1) is 11.2 Å². The molecule has 2 saturated heterocycles. The summed E-state index contributed by atoms with van der Waals surface area (Å²) in [5.41, 5.74) is -0.642. The van der Waals surface area contributed by atoms with Gasteiger partial charge in [-0.2, -0.15) is 0 Å². The highest BCUT2D eigenvalue weighted by molar-refractivity contribution is 6.61. The van der Waals surface area contributed by atoms with Gasteiger partial charge in [0, 0.05) is 44.5 Å². The number of nitrogens with zero attached hydrogens (tertiary/aromatic N) is 4. The number of rotatable bonds is 7. The van der Waals surface area contributed by atoms with Gasteiger partial charge >= 0.3 is 13.2 Å². The first kappa shape index (κ1) is 30.2. The fourth-order valence-corrected chi connectivity index (χ4v) is 4.58. The lowest BCUT2D eigenvalue weighted by atomic mass is 9.81. The van der Waals surface area contributed by atoms with E-state index in [1.54, 1.807) is 33.2 Å². The van der Waals surface area contributed by atoms with E-state index in [0.29, 0.717) is 25.0 Å². The summed E-state index contributed by atoms with van der Waals surface area (Å²) >= 11 is 0. The number of carbonyl (C=O) groups is 2. The second-order valence-corrected chi connectivity index (χ2v) is 12.9. The Morgan fingerprint density at radius 1 is 1.13 bits per heavy atom. The molecule has 1 atom stereocenters. The lowest BCUT2D eigenvalue weighted by Gasteiger charge is -2.36. The Morgan fingerprint density at radius 2 is 1.66 bits per heavy atom. The van der Waals surface area contributed by atoms with E-state index < -0.39 is 36.1 Å². The van der Waals surface area contributed by atoms with E-state index in [0.717, 1.165) is 24.8 Å². The van der Waals surface area contributed by atoms with Crippen LogP contribution in [0.25, 0.3) is 0 Å². The minimum Gasteiger partial charge on any atom is -0.444 e. The summed E-state index contributed by atoms with van der Waals surface area (Å²) < 4.78 is 17.6. The number of hydrogen-bond acceptors (Lipinski definition) is 8. The van der Waals surface area contributed by atoms with Crippen LogP contribution in [0.3, 0.4) is 0 Å². The van der Waals surface area contributed by atoms with Gasteiger partial charge in [-0.1, -0.05) is 13.8 Å². The van der Waals surface area contributed by atoms with Crippen molar-refractivity contribution < 1.29 is 23.6 Å². The van der Waals surface area contributed by atoms with Crippen molar-refractivity contribution in [3.05, 3.63) is 12.4 Å². The van der Waals surface area contributed by atoms with Crippen LogP contribution in [0, 0.1) is 11.8 Å². The first-order valence-corrected chi connectivity index (χ1v) is 13.7. The van der Waals surface area contributed by atoms with Crippen molar-refractivity contribution in [1.82, 2.24) is 20.2 Å². The van der Waals surface area contributed by atoms with Gasteiger partial charge in [-0.15, -0.1) is 0 Å². The lowest BCUT2D eigenvalue weighted by Crippen LogP contribution is -2.54. The molecule has 1 aromatic heterocycles. The van der Waals surface area contributed by atoms with Gasteiger partial charge < -0.3 is 29.2 Å². The molecule has 212 valence electrons. The van der Waals surface area contributed by atoms with Crippen LogP contribution in [0.2, 0.25) is 0 Å². The zero-order chi connectivity index (χ0) is 28.5. The molecule has 0 spiro atoms. The van der Waals surface area contributed by atoms with Crippen LogP contribution in [0.4, 0.5) is 10.7 Å². The van der Waals surface area contributed by atoms with Crippen molar-refractivity contribution in [1.29, 1.82) is 0 Å². The number of alkyl carbamates (subject to hydrolysis) is 1. The Hall–Kier alpha value is -2.40. The SMILES string of the molecule is CC(C)C(NC(=O)OC(C)(C)C)C(=O)N1CCC(CN(C)c2ncc(B3OC(C)(C)C(C)(C)O3)cn2)CC1. The van der Waals surface area contributed by atoms with Crippen molar-refractivity contribution in [2.45, 2.75) is 98.0 Å². The maximum absolute atomic E-state index is 13.2. The van der Waals surface area contributed by atoms with E-state index in [1.165, 1.54) is 0 Å². The summed E-state index contributed by atoms with van der Waals surface area (Å²) in [6, 6.07) is -0.611. The van der Waals surface area contributed by atoms with E-state index >= 15 is 0 Å². The summed E-state index contributed by atoms with van der Waals surface area (Å²) in [6.45, 7) is 19.5. The first-order valence-electron chi connectivity index (χ1n) is 13.7. The Balaban J connectivity index is 1.51. The third kappa shape index (κ3) is 7.37. The van der Waals surface area contributed by atoms with E-state index in [2.05, 4.69) is 20.2 Å². The minimum atomic E-state index is -0.616. The molecule has 0 saturated carbocycles. The fraction of sp³-hybridized carbons (Fsp3) is 0.778. The molecule has 0 aromatic carbocycles. The summed E-state index contributed by atoms with van der Waals surface area (Å²) in [5.74, 6) is 0.951. The van der Waals surface area contributed by atoms with Gasteiger partial charge in [0.2, 0.25) is 11.9 Å². The van der Waals surface area contributed by atoms with Crippen LogP contribution in [-0.4, -0.2) is 83.5 Å². The molecular weight excluding hydrogens is 485 g/mol. The monoisotopic (exact) mass is 531 g/mol. The van der Waals surface area contributed by atoms with Gasteiger partial charge in [0.1, 0.15) is 11.6 Å². The van der Waals surface area contributed by atoms with Crippen LogP contribution >= 0.6 is 0 Å². The van der Waals surface area contributed by atoms with E-state index in [-0.39, 0.29) is 11.8 Å². The van der Waals surface area contributed by atoms with Gasteiger partial charge in [-0.25, -0.2) is 14.8 Å². The molecule has 38 heavy (non-hydrogen) atoms. The largest absolute Gasteiger partial charge is 0.498 e. The molecule has 1 N–H and O–H groups in total. The topological polar surface area (TPSA) is 106 Å². The molecule has 1 aromatic rings. The standard InChI is InChI=1S/C27H46BN5O5/c1-18(2)21(31-24(35)36-25(3,4)5)22(34)33-13-11-19(12-14-33)17-32(10)23-29-15-20(16-30-23)28-37-26(6,7)27(8,9)38-28/h15-16,18-19,21H,11-14,17H2,1-10H3,(H,31,35). The summed E-state index contributed by atoms with van der Waals surface area (Å²) in [7, 11) is 1.50. The zero-order valence-electron chi connectivity index (χ0n) is 24.8. The molecule has 3 heterocycles. The molecule has 1 unspecified atom stereocenters. The minimum absolute atomic E-state index is 0.0452. The molecule has 10 nitrogen and oxygen atoms in total. The number of nitrogens with one attached hydrogen (secondary N) is 1. The molecule has 0 aliphatic carbocycles. The maximum Gasteiger partial charge on any atom is 0.498 e. The van der Waals surface area contributed by atoms with E-state index in [1.807, 2.05) is 53.5 Å². The predicted octanol–water partition coefficient (Wildman–Crippen LogP) is 3.00. The number of amides is 2. The van der Waals surface area contributed by atoms with Gasteiger partial charge in [0.25, 0.3) is 0 Å². The number of anilines is 1. The van der Waals surface area contributed by atoms with Crippen LogP contribution in [0.15, 0.2) is 12.4 Å². The second kappa shape index (κ2) is 11.4.